The van der Waals surface area contributed by atoms with Gasteiger partial charge in [0.2, 0.25) is 0 Å². The first-order chi connectivity index (χ1) is 26.8. The Morgan fingerprint density at radius 3 is 1.43 bits per heavy atom. The zero-order chi connectivity index (χ0) is 35.6. The van der Waals surface area contributed by atoms with Crippen molar-refractivity contribution >= 4 is 54.4 Å². The van der Waals surface area contributed by atoms with Gasteiger partial charge >= 0.3 is 0 Å². The van der Waals surface area contributed by atoms with E-state index in [1.807, 2.05) is 24.3 Å². The second kappa shape index (κ2) is 12.1. The number of fused-ring (bicyclic) bond motifs is 8. The van der Waals surface area contributed by atoms with Crippen LogP contribution in [-0.4, -0.2) is 19.1 Å². The molecule has 0 aliphatic heterocycles. The Hall–Kier alpha value is -7.30. The topological polar surface area (TPSA) is 35.6 Å². The van der Waals surface area contributed by atoms with E-state index in [2.05, 4.69) is 179 Å². The van der Waals surface area contributed by atoms with E-state index in [4.69, 9.17) is 9.97 Å². The fraction of sp³-hybridized carbons (Fsp3) is 0. The zero-order valence-corrected chi connectivity index (χ0v) is 29.3. The lowest BCUT2D eigenvalue weighted by atomic mass is 10.1. The molecule has 4 heteroatoms. The number of nitrogens with zero attached hydrogens (tertiary/aromatic N) is 4. The highest BCUT2D eigenvalue weighted by molar-refractivity contribution is 6.23. The van der Waals surface area contributed by atoms with E-state index in [9.17, 15) is 0 Å². The van der Waals surface area contributed by atoms with Crippen molar-refractivity contribution in [2.75, 3.05) is 0 Å². The molecule has 0 saturated carbocycles. The van der Waals surface area contributed by atoms with E-state index in [1.165, 1.54) is 54.4 Å². The van der Waals surface area contributed by atoms with Gasteiger partial charge in [0.15, 0.2) is 5.82 Å². The van der Waals surface area contributed by atoms with Crippen LogP contribution in [0.2, 0.25) is 0 Å². The van der Waals surface area contributed by atoms with E-state index >= 15 is 0 Å². The SMILES string of the molecule is c1ccc(-c2cc(-c3ccc(-n4c5ccccc5c5ccc6c7ccccc7n(-c7ccc8ccccc8c7)c6c54)cc3)nc(-c3ccccc3)n2)cc1. The summed E-state index contributed by atoms with van der Waals surface area (Å²) >= 11 is 0. The fourth-order valence-electron chi connectivity index (χ4n) is 8.20. The molecule has 252 valence electrons. The first-order valence-corrected chi connectivity index (χ1v) is 18.3. The molecule has 4 nitrogen and oxygen atoms in total. The fourth-order valence-corrected chi connectivity index (χ4v) is 8.20. The molecule has 3 heterocycles. The van der Waals surface area contributed by atoms with Gasteiger partial charge in [0.05, 0.1) is 33.5 Å². The minimum Gasteiger partial charge on any atom is -0.307 e. The quantitative estimate of drug-likeness (QED) is 0.180. The summed E-state index contributed by atoms with van der Waals surface area (Å²) in [6.07, 6.45) is 0. The molecule has 11 rings (SSSR count). The average molecular weight is 689 g/mol. The largest absolute Gasteiger partial charge is 0.307 e. The zero-order valence-electron chi connectivity index (χ0n) is 29.3. The molecule has 0 bridgehead atoms. The van der Waals surface area contributed by atoms with Crippen LogP contribution in [0.4, 0.5) is 0 Å². The summed E-state index contributed by atoms with van der Waals surface area (Å²) in [7, 11) is 0. The van der Waals surface area contributed by atoms with Crippen molar-refractivity contribution in [1.29, 1.82) is 0 Å². The number of hydrogen-bond donors (Lipinski definition) is 0. The molecule has 8 aromatic carbocycles. The van der Waals surface area contributed by atoms with Gasteiger partial charge in [0.25, 0.3) is 0 Å². The molecule has 0 unspecified atom stereocenters. The Bertz CT molecular complexity index is 3130. The van der Waals surface area contributed by atoms with Crippen LogP contribution < -0.4 is 0 Å². The Morgan fingerprint density at radius 1 is 0.315 bits per heavy atom. The first-order valence-electron chi connectivity index (χ1n) is 18.3. The van der Waals surface area contributed by atoms with E-state index < -0.39 is 0 Å². The highest BCUT2D eigenvalue weighted by atomic mass is 15.0. The predicted molar refractivity (Wildman–Crippen MR) is 225 cm³/mol. The summed E-state index contributed by atoms with van der Waals surface area (Å²) < 4.78 is 4.90. The second-order valence-corrected chi connectivity index (χ2v) is 13.8. The molecule has 3 aromatic heterocycles. The van der Waals surface area contributed by atoms with Gasteiger partial charge in [0.1, 0.15) is 0 Å². The van der Waals surface area contributed by atoms with Crippen LogP contribution in [0.1, 0.15) is 0 Å². The third-order valence-electron chi connectivity index (χ3n) is 10.7. The van der Waals surface area contributed by atoms with Crippen LogP contribution in [0.3, 0.4) is 0 Å². The normalized spacial score (nSPS) is 11.7. The summed E-state index contributed by atoms with van der Waals surface area (Å²) in [6, 6.07) is 69.1. The monoisotopic (exact) mass is 688 g/mol. The minimum atomic E-state index is 0.710. The maximum absolute atomic E-state index is 5.10. The van der Waals surface area contributed by atoms with Crippen LogP contribution >= 0.6 is 0 Å². The van der Waals surface area contributed by atoms with Crippen LogP contribution in [0.15, 0.2) is 194 Å². The van der Waals surface area contributed by atoms with Crippen molar-refractivity contribution in [1.82, 2.24) is 19.1 Å². The maximum Gasteiger partial charge on any atom is 0.160 e. The van der Waals surface area contributed by atoms with Crippen LogP contribution in [0.5, 0.6) is 0 Å². The lowest BCUT2D eigenvalue weighted by Crippen LogP contribution is -1.99. The molecule has 0 fully saturated rings. The molecule has 0 aliphatic rings. The molecular formula is C50H32N4. The molecule has 54 heavy (non-hydrogen) atoms. The van der Waals surface area contributed by atoms with Crippen LogP contribution in [0, 0.1) is 0 Å². The Kier molecular flexibility index (Phi) is 6.82. The van der Waals surface area contributed by atoms with Gasteiger partial charge in [-0.25, -0.2) is 9.97 Å². The van der Waals surface area contributed by atoms with Crippen molar-refractivity contribution in [3.05, 3.63) is 194 Å². The molecule has 0 spiro atoms. The average Bonchev–Trinajstić information content (AvgIpc) is 3.77. The van der Waals surface area contributed by atoms with Crippen molar-refractivity contribution in [2.24, 2.45) is 0 Å². The molecule has 0 N–H and O–H groups in total. The van der Waals surface area contributed by atoms with Gasteiger partial charge in [-0.3, -0.25) is 0 Å². The first kappa shape index (κ1) is 30.3. The summed E-state index contributed by atoms with van der Waals surface area (Å²) in [5.74, 6) is 0.710. The Labute approximate surface area is 311 Å². The van der Waals surface area contributed by atoms with Crippen molar-refractivity contribution < 1.29 is 0 Å². The number of hydrogen-bond acceptors (Lipinski definition) is 2. The van der Waals surface area contributed by atoms with Crippen LogP contribution in [0.25, 0.3) is 99.7 Å². The van der Waals surface area contributed by atoms with E-state index in [-0.39, 0.29) is 0 Å². The van der Waals surface area contributed by atoms with Crippen molar-refractivity contribution in [2.45, 2.75) is 0 Å². The third-order valence-corrected chi connectivity index (χ3v) is 10.7. The summed E-state index contributed by atoms with van der Waals surface area (Å²) in [6.45, 7) is 0. The van der Waals surface area contributed by atoms with E-state index in [1.54, 1.807) is 0 Å². The van der Waals surface area contributed by atoms with Gasteiger partial charge in [-0.05, 0) is 53.2 Å². The van der Waals surface area contributed by atoms with E-state index in [0.29, 0.717) is 5.82 Å². The lowest BCUT2D eigenvalue weighted by molar-refractivity contribution is 1.15. The summed E-state index contributed by atoms with van der Waals surface area (Å²) in [5.41, 5.74) is 11.8. The van der Waals surface area contributed by atoms with Gasteiger partial charge < -0.3 is 9.13 Å². The summed E-state index contributed by atoms with van der Waals surface area (Å²) in [4.78, 5) is 10.1. The second-order valence-electron chi connectivity index (χ2n) is 13.8. The van der Waals surface area contributed by atoms with Gasteiger partial charge in [-0.15, -0.1) is 0 Å². The van der Waals surface area contributed by atoms with Gasteiger partial charge in [-0.1, -0.05) is 152 Å². The van der Waals surface area contributed by atoms with Gasteiger partial charge in [0, 0.05) is 49.6 Å². The Morgan fingerprint density at radius 2 is 0.796 bits per heavy atom. The number of aromatic nitrogens is 4. The lowest BCUT2D eigenvalue weighted by Gasteiger charge is -2.14. The van der Waals surface area contributed by atoms with Gasteiger partial charge in [-0.2, -0.15) is 0 Å². The number of benzene rings is 8. The Balaban J connectivity index is 1.15. The summed E-state index contributed by atoms with van der Waals surface area (Å²) in [5, 5.41) is 7.38. The van der Waals surface area contributed by atoms with Crippen molar-refractivity contribution in [3.8, 4) is 45.3 Å². The molecule has 0 radical (unpaired) electrons. The van der Waals surface area contributed by atoms with Crippen LogP contribution in [-0.2, 0) is 0 Å². The highest BCUT2D eigenvalue weighted by Crippen LogP contribution is 2.42. The van der Waals surface area contributed by atoms with E-state index in [0.717, 1.165) is 39.5 Å². The number of rotatable bonds is 5. The van der Waals surface area contributed by atoms with Crippen molar-refractivity contribution in [3.63, 3.8) is 0 Å². The molecule has 0 aliphatic carbocycles. The predicted octanol–water partition coefficient (Wildman–Crippen LogP) is 12.8. The highest BCUT2D eigenvalue weighted by Gasteiger charge is 2.21. The molecule has 0 saturated heterocycles. The maximum atomic E-state index is 5.10. The third kappa shape index (κ3) is 4.78. The molecule has 0 amide bonds. The smallest absolute Gasteiger partial charge is 0.160 e. The molecular weight excluding hydrogens is 657 g/mol. The minimum absolute atomic E-state index is 0.710. The molecule has 11 aromatic rings. The number of para-hydroxylation sites is 2. The standard InChI is InChI=1S/C50H32N4/c1-3-14-34(15-4-1)44-32-45(52-50(51-44)36-16-5-2-6-17-36)35-24-26-38(27-25-35)53-46-21-11-9-19-40(46)42-29-30-43-41-20-10-12-22-47(41)54(49(43)48(42)53)39-28-23-33-13-7-8-18-37(33)31-39/h1-32H. The molecule has 0 atom stereocenters.